The lowest BCUT2D eigenvalue weighted by Gasteiger charge is -2.40. The topological polar surface area (TPSA) is 29.3 Å². The molecule has 0 amide bonds. The van der Waals surface area contributed by atoms with E-state index in [1.165, 1.54) is 19.3 Å². The zero-order valence-corrected chi connectivity index (χ0v) is 7.93. The van der Waals surface area contributed by atoms with Gasteiger partial charge >= 0.3 is 0 Å². The van der Waals surface area contributed by atoms with E-state index in [-0.39, 0.29) is 0 Å². The molecule has 0 bridgehead atoms. The summed E-state index contributed by atoms with van der Waals surface area (Å²) >= 11 is 0. The number of piperidine rings is 1. The van der Waals surface area contributed by atoms with Gasteiger partial charge in [0.05, 0.1) is 0 Å². The number of rotatable bonds is 1. The SMILES string of the molecule is CCC1CC(C)(C)CCN1N. The highest BCUT2D eigenvalue weighted by molar-refractivity contribution is 4.83. The molecule has 0 radical (unpaired) electrons. The van der Waals surface area contributed by atoms with Gasteiger partial charge in [-0.1, -0.05) is 20.8 Å². The summed E-state index contributed by atoms with van der Waals surface area (Å²) in [4.78, 5) is 0. The van der Waals surface area contributed by atoms with Crippen molar-refractivity contribution in [3.05, 3.63) is 0 Å². The Morgan fingerprint density at radius 1 is 1.55 bits per heavy atom. The lowest BCUT2D eigenvalue weighted by Crippen LogP contribution is -2.48. The minimum absolute atomic E-state index is 0.510. The molecule has 2 N–H and O–H groups in total. The van der Waals surface area contributed by atoms with Crippen molar-refractivity contribution in [1.82, 2.24) is 5.01 Å². The Balaban J connectivity index is 2.51. The van der Waals surface area contributed by atoms with E-state index >= 15 is 0 Å². The van der Waals surface area contributed by atoms with E-state index in [4.69, 9.17) is 5.84 Å². The molecule has 11 heavy (non-hydrogen) atoms. The molecule has 0 aromatic rings. The van der Waals surface area contributed by atoms with E-state index in [1.54, 1.807) is 0 Å². The van der Waals surface area contributed by atoms with E-state index in [9.17, 15) is 0 Å². The van der Waals surface area contributed by atoms with E-state index in [0.717, 1.165) is 6.54 Å². The van der Waals surface area contributed by atoms with Crippen molar-refractivity contribution >= 4 is 0 Å². The Kier molecular flexibility index (Phi) is 2.55. The largest absolute Gasteiger partial charge is 0.269 e. The predicted molar refractivity (Wildman–Crippen MR) is 48.0 cm³/mol. The highest BCUT2D eigenvalue weighted by Gasteiger charge is 2.30. The van der Waals surface area contributed by atoms with Gasteiger partial charge in [-0.15, -0.1) is 0 Å². The van der Waals surface area contributed by atoms with Crippen LogP contribution < -0.4 is 5.84 Å². The van der Waals surface area contributed by atoms with Crippen LogP contribution in [0, 0.1) is 5.41 Å². The average molecular weight is 156 g/mol. The van der Waals surface area contributed by atoms with Crippen LogP contribution in [0.15, 0.2) is 0 Å². The minimum Gasteiger partial charge on any atom is -0.269 e. The fraction of sp³-hybridized carbons (Fsp3) is 1.00. The summed E-state index contributed by atoms with van der Waals surface area (Å²) in [5, 5.41) is 2.01. The van der Waals surface area contributed by atoms with Gasteiger partial charge in [0.1, 0.15) is 0 Å². The van der Waals surface area contributed by atoms with Crippen LogP contribution in [0.3, 0.4) is 0 Å². The van der Waals surface area contributed by atoms with Gasteiger partial charge in [-0.3, -0.25) is 5.84 Å². The molecule has 1 rings (SSSR count). The molecular formula is C9H20N2. The molecule has 0 aliphatic carbocycles. The van der Waals surface area contributed by atoms with Gasteiger partial charge in [0, 0.05) is 12.6 Å². The Hall–Kier alpha value is -0.0800. The van der Waals surface area contributed by atoms with Crippen LogP contribution in [-0.2, 0) is 0 Å². The average Bonchev–Trinajstić information content (AvgIpc) is 1.94. The quantitative estimate of drug-likeness (QED) is 0.586. The zero-order chi connectivity index (χ0) is 8.48. The second-order valence-corrected chi connectivity index (χ2v) is 4.42. The highest BCUT2D eigenvalue weighted by Crippen LogP contribution is 2.33. The Bertz CT molecular complexity index is 132. The van der Waals surface area contributed by atoms with Gasteiger partial charge in [0.15, 0.2) is 0 Å². The number of nitrogens with two attached hydrogens (primary N) is 1. The van der Waals surface area contributed by atoms with E-state index in [0.29, 0.717) is 11.5 Å². The maximum Gasteiger partial charge on any atom is 0.0243 e. The summed E-state index contributed by atoms with van der Waals surface area (Å²) in [6.07, 6.45) is 3.67. The molecular weight excluding hydrogens is 136 g/mol. The lowest BCUT2D eigenvalue weighted by molar-refractivity contribution is 0.0683. The van der Waals surface area contributed by atoms with Gasteiger partial charge in [-0.2, -0.15) is 0 Å². The third-order valence-corrected chi connectivity index (χ3v) is 2.78. The molecule has 2 heteroatoms. The number of hydrazine groups is 1. The van der Waals surface area contributed by atoms with Crippen molar-refractivity contribution in [1.29, 1.82) is 0 Å². The van der Waals surface area contributed by atoms with Crippen LogP contribution in [0.2, 0.25) is 0 Å². The summed E-state index contributed by atoms with van der Waals surface area (Å²) in [6, 6.07) is 0.610. The van der Waals surface area contributed by atoms with Crippen LogP contribution in [0.5, 0.6) is 0 Å². The maximum absolute atomic E-state index is 5.84. The maximum atomic E-state index is 5.84. The predicted octanol–water partition coefficient (Wildman–Crippen LogP) is 1.76. The Labute approximate surface area is 69.7 Å². The van der Waals surface area contributed by atoms with Crippen LogP contribution in [0.25, 0.3) is 0 Å². The first-order valence-corrected chi connectivity index (χ1v) is 4.56. The molecule has 0 saturated carbocycles. The molecule has 66 valence electrons. The second kappa shape index (κ2) is 3.11. The standard InChI is InChI=1S/C9H20N2/c1-4-8-7-9(2,3)5-6-11(8)10/h8H,4-7,10H2,1-3H3. The van der Waals surface area contributed by atoms with Crippen LogP contribution >= 0.6 is 0 Å². The first-order chi connectivity index (χ1) is 5.05. The smallest absolute Gasteiger partial charge is 0.0243 e. The highest BCUT2D eigenvalue weighted by atomic mass is 15.4. The molecule has 1 saturated heterocycles. The van der Waals surface area contributed by atoms with Gasteiger partial charge in [0.2, 0.25) is 0 Å². The molecule has 1 unspecified atom stereocenters. The van der Waals surface area contributed by atoms with Crippen molar-refractivity contribution in [2.24, 2.45) is 11.3 Å². The Morgan fingerprint density at radius 3 is 2.64 bits per heavy atom. The van der Waals surface area contributed by atoms with Crippen LogP contribution in [0.4, 0.5) is 0 Å². The van der Waals surface area contributed by atoms with Crippen molar-refractivity contribution in [2.45, 2.75) is 46.1 Å². The van der Waals surface area contributed by atoms with Crippen LogP contribution in [-0.4, -0.2) is 17.6 Å². The van der Waals surface area contributed by atoms with Crippen molar-refractivity contribution in [2.75, 3.05) is 6.54 Å². The van der Waals surface area contributed by atoms with Gasteiger partial charge < -0.3 is 0 Å². The van der Waals surface area contributed by atoms with E-state index < -0.39 is 0 Å². The fourth-order valence-electron chi connectivity index (χ4n) is 1.85. The van der Waals surface area contributed by atoms with Crippen molar-refractivity contribution in [3.8, 4) is 0 Å². The molecule has 0 aromatic carbocycles. The molecule has 1 fully saturated rings. The van der Waals surface area contributed by atoms with E-state index in [2.05, 4.69) is 20.8 Å². The molecule has 0 aromatic heterocycles. The molecule has 1 heterocycles. The monoisotopic (exact) mass is 156 g/mol. The fourth-order valence-corrected chi connectivity index (χ4v) is 1.85. The minimum atomic E-state index is 0.510. The normalized spacial score (nSPS) is 32.2. The summed E-state index contributed by atoms with van der Waals surface area (Å²) in [5.74, 6) is 5.84. The first-order valence-electron chi connectivity index (χ1n) is 4.56. The number of hydrogen-bond acceptors (Lipinski definition) is 2. The van der Waals surface area contributed by atoms with Gasteiger partial charge in [-0.25, -0.2) is 5.01 Å². The van der Waals surface area contributed by atoms with Crippen LogP contribution in [0.1, 0.15) is 40.0 Å². The molecule has 1 aliphatic rings. The number of nitrogens with zero attached hydrogens (tertiary/aromatic N) is 1. The summed E-state index contributed by atoms with van der Waals surface area (Å²) in [5.41, 5.74) is 0.510. The van der Waals surface area contributed by atoms with Gasteiger partial charge in [-0.05, 0) is 24.7 Å². The molecule has 0 spiro atoms. The molecule has 1 atom stereocenters. The zero-order valence-electron chi connectivity index (χ0n) is 7.93. The summed E-state index contributed by atoms with van der Waals surface area (Å²) in [7, 11) is 0. The third-order valence-electron chi connectivity index (χ3n) is 2.78. The van der Waals surface area contributed by atoms with Gasteiger partial charge in [0.25, 0.3) is 0 Å². The summed E-state index contributed by atoms with van der Waals surface area (Å²) in [6.45, 7) is 7.95. The van der Waals surface area contributed by atoms with E-state index in [1.807, 2.05) is 5.01 Å². The first kappa shape index (κ1) is 9.01. The summed E-state index contributed by atoms with van der Waals surface area (Å²) < 4.78 is 0. The number of hydrogen-bond donors (Lipinski definition) is 1. The molecule has 1 aliphatic heterocycles. The second-order valence-electron chi connectivity index (χ2n) is 4.42. The Morgan fingerprint density at radius 2 is 2.18 bits per heavy atom. The third kappa shape index (κ3) is 2.17. The van der Waals surface area contributed by atoms with Crippen molar-refractivity contribution < 1.29 is 0 Å². The molecule has 2 nitrogen and oxygen atoms in total. The van der Waals surface area contributed by atoms with Crippen molar-refractivity contribution in [3.63, 3.8) is 0 Å². The lowest BCUT2D eigenvalue weighted by atomic mass is 9.79.